The van der Waals surface area contributed by atoms with Gasteiger partial charge in [-0.25, -0.2) is 0 Å². The lowest BCUT2D eigenvalue weighted by Crippen LogP contribution is -2.48. The summed E-state index contributed by atoms with van der Waals surface area (Å²) >= 11 is 1.58. The highest BCUT2D eigenvalue weighted by molar-refractivity contribution is 8.03. The Morgan fingerprint density at radius 2 is 1.86 bits per heavy atom. The van der Waals surface area contributed by atoms with E-state index in [2.05, 4.69) is 57.5 Å². The number of thioether (sulfide) groups is 1. The van der Waals surface area contributed by atoms with E-state index in [9.17, 15) is 4.79 Å². The van der Waals surface area contributed by atoms with Gasteiger partial charge in [-0.2, -0.15) is 0 Å². The summed E-state index contributed by atoms with van der Waals surface area (Å²) in [4.78, 5) is 14.4. The van der Waals surface area contributed by atoms with Gasteiger partial charge in [-0.05, 0) is 61.8 Å². The highest BCUT2D eigenvalue weighted by Crippen LogP contribution is 2.44. The Balaban J connectivity index is 2.50. The van der Waals surface area contributed by atoms with Gasteiger partial charge in [0, 0.05) is 23.3 Å². The number of hydrogen-bond donors (Lipinski definition) is 0. The zero-order valence-corrected chi connectivity index (χ0v) is 24.3. The van der Waals surface area contributed by atoms with Gasteiger partial charge < -0.3 is 18.6 Å². The van der Waals surface area contributed by atoms with E-state index >= 15 is 0 Å². The van der Waals surface area contributed by atoms with Crippen LogP contribution in [0.4, 0.5) is 0 Å². The van der Waals surface area contributed by atoms with Crippen LogP contribution in [0, 0.1) is 23.7 Å². The van der Waals surface area contributed by atoms with Crippen molar-refractivity contribution in [3.8, 4) is 23.7 Å². The number of rotatable bonds is 7. The van der Waals surface area contributed by atoms with Crippen LogP contribution in [-0.4, -0.2) is 46.5 Å². The maximum absolute atomic E-state index is 12.5. The molecule has 194 valence electrons. The lowest BCUT2D eigenvalue weighted by molar-refractivity contribution is -0.143. The Bertz CT molecular complexity index is 1050. The second-order valence-electron chi connectivity index (χ2n) is 10.1. The Labute approximate surface area is 222 Å². The number of hydrogen-bond acceptors (Lipinski definition) is 6. The van der Waals surface area contributed by atoms with Crippen molar-refractivity contribution in [1.29, 1.82) is 0 Å². The first-order valence-electron chi connectivity index (χ1n) is 12.1. The van der Waals surface area contributed by atoms with Crippen LogP contribution in [0.3, 0.4) is 0 Å². The molecule has 2 atom stereocenters. The molecule has 1 aliphatic rings. The number of allylic oxidation sites excluding steroid dienone is 2. The molecule has 0 N–H and O–H groups in total. The van der Waals surface area contributed by atoms with Crippen LogP contribution >= 0.6 is 11.8 Å². The fourth-order valence-corrected chi connectivity index (χ4v) is 5.58. The van der Waals surface area contributed by atoms with Gasteiger partial charge in [-0.3, -0.25) is 4.79 Å². The predicted octanol–water partition coefficient (Wildman–Crippen LogP) is 6.33. The molecular formula is C29H38O5SSi. The fraction of sp³-hybridized carbons (Fsp3) is 0.483. The summed E-state index contributed by atoms with van der Waals surface area (Å²) in [7, 11) is -0.675. The normalized spacial score (nSPS) is 23.9. The van der Waals surface area contributed by atoms with E-state index in [-0.39, 0.29) is 30.8 Å². The van der Waals surface area contributed by atoms with Crippen LogP contribution in [0.1, 0.15) is 40.5 Å². The molecule has 5 nitrogen and oxygen atoms in total. The molecule has 1 aliphatic heterocycles. The Hall–Kier alpha value is -2.26. The first-order valence-corrected chi connectivity index (χ1v) is 15.8. The SMILES string of the molecule is COCO[C@@H]1C#C/C=C\C#C[C@@](C)(O[Si](C)(C)C(C)(C)C)/C(Sc2ccccc2)=C/COC(=O)CC1. The molecule has 1 aromatic carbocycles. The molecule has 0 bridgehead atoms. The van der Waals surface area contributed by atoms with Crippen molar-refractivity contribution in [2.45, 2.75) is 75.3 Å². The van der Waals surface area contributed by atoms with Gasteiger partial charge in [0.1, 0.15) is 25.1 Å². The van der Waals surface area contributed by atoms with Crippen molar-refractivity contribution in [2.24, 2.45) is 0 Å². The van der Waals surface area contributed by atoms with E-state index in [0.717, 1.165) is 9.80 Å². The zero-order valence-electron chi connectivity index (χ0n) is 22.5. The minimum absolute atomic E-state index is 0.0117. The molecule has 0 unspecified atom stereocenters. The molecule has 0 saturated carbocycles. The number of benzene rings is 1. The maximum Gasteiger partial charge on any atom is 0.306 e. The predicted molar refractivity (Wildman–Crippen MR) is 149 cm³/mol. The standard InChI is InChI=1S/C29H38O5SSi/c1-28(2,3)36(6,7)34-29(4)21-14-9-8-11-15-24(33-23-31-5)18-19-27(30)32-22-20-26(29)35-25-16-12-10-13-17-25/h8-10,12-13,16-17,20,24H,18-19,22-23H2,1-7H3/b9-8-,26-20-/t24-,29-/m1/s1. The van der Waals surface area contributed by atoms with Gasteiger partial charge in [-0.1, -0.05) is 74.4 Å². The van der Waals surface area contributed by atoms with Crippen LogP contribution in [0.15, 0.2) is 58.4 Å². The van der Waals surface area contributed by atoms with E-state index in [0.29, 0.717) is 6.42 Å². The third-order valence-corrected chi connectivity index (χ3v) is 11.8. The van der Waals surface area contributed by atoms with Crippen molar-refractivity contribution in [3.05, 3.63) is 53.5 Å². The summed E-state index contributed by atoms with van der Waals surface area (Å²) in [5.74, 6) is 12.1. The highest BCUT2D eigenvalue weighted by atomic mass is 32.2. The molecule has 0 aromatic heterocycles. The quantitative estimate of drug-likeness (QED) is 0.179. The fourth-order valence-electron chi connectivity index (χ4n) is 3.03. The first-order chi connectivity index (χ1) is 17.0. The lowest BCUT2D eigenvalue weighted by atomic mass is 10.1. The average molecular weight is 527 g/mol. The largest absolute Gasteiger partial charge is 0.461 e. The minimum atomic E-state index is -2.22. The van der Waals surface area contributed by atoms with Gasteiger partial charge in [0.15, 0.2) is 8.32 Å². The van der Waals surface area contributed by atoms with Gasteiger partial charge in [0.25, 0.3) is 0 Å². The molecule has 0 saturated heterocycles. The second-order valence-corrected chi connectivity index (χ2v) is 15.9. The first kappa shape index (κ1) is 30.0. The van der Waals surface area contributed by atoms with Crippen LogP contribution in [-0.2, 0) is 23.4 Å². The Morgan fingerprint density at radius 3 is 2.53 bits per heavy atom. The molecule has 0 radical (unpaired) electrons. The van der Waals surface area contributed by atoms with Crippen molar-refractivity contribution < 1.29 is 23.4 Å². The number of methoxy groups -OCH3 is 1. The molecule has 2 rings (SSSR count). The Kier molecular flexibility index (Phi) is 11.6. The van der Waals surface area contributed by atoms with Gasteiger partial charge in [0.05, 0.1) is 0 Å². The molecule has 0 spiro atoms. The number of carbonyl (C=O) groups is 1. The van der Waals surface area contributed by atoms with Crippen molar-refractivity contribution in [1.82, 2.24) is 0 Å². The van der Waals surface area contributed by atoms with E-state index in [4.69, 9.17) is 18.6 Å². The maximum atomic E-state index is 12.5. The molecule has 0 amide bonds. The summed E-state index contributed by atoms with van der Waals surface area (Å²) in [6.07, 6.45) is 5.49. The molecule has 0 fully saturated rings. The second kappa shape index (κ2) is 13.9. The highest BCUT2D eigenvalue weighted by Gasteiger charge is 2.44. The number of esters is 1. The minimum Gasteiger partial charge on any atom is -0.461 e. The van der Waals surface area contributed by atoms with Crippen molar-refractivity contribution >= 4 is 26.0 Å². The topological polar surface area (TPSA) is 54.0 Å². The van der Waals surface area contributed by atoms with Crippen molar-refractivity contribution in [2.75, 3.05) is 20.5 Å². The smallest absolute Gasteiger partial charge is 0.306 e. The molecule has 1 aromatic rings. The summed E-state index contributed by atoms with van der Waals surface area (Å²) in [6, 6.07) is 10.1. The summed E-state index contributed by atoms with van der Waals surface area (Å²) in [5, 5.41) is -0.0117. The van der Waals surface area contributed by atoms with Gasteiger partial charge >= 0.3 is 5.97 Å². The lowest BCUT2D eigenvalue weighted by Gasteiger charge is -2.42. The van der Waals surface area contributed by atoms with Gasteiger partial charge in [-0.15, -0.1) is 0 Å². The summed E-state index contributed by atoms with van der Waals surface area (Å²) in [6.45, 7) is 13.3. The van der Waals surface area contributed by atoms with Crippen LogP contribution < -0.4 is 0 Å². The van der Waals surface area contributed by atoms with Crippen LogP contribution in [0.5, 0.6) is 0 Å². The van der Waals surface area contributed by atoms with E-state index < -0.39 is 20.0 Å². The number of carbonyl (C=O) groups excluding carboxylic acids is 1. The van der Waals surface area contributed by atoms with E-state index in [1.807, 2.05) is 43.3 Å². The van der Waals surface area contributed by atoms with Crippen LogP contribution in [0.2, 0.25) is 18.1 Å². The molecule has 0 aliphatic carbocycles. The summed E-state index contributed by atoms with van der Waals surface area (Å²) in [5.41, 5.74) is -0.905. The molecule has 7 heteroatoms. The zero-order chi connectivity index (χ0) is 26.7. The van der Waals surface area contributed by atoms with Gasteiger partial charge in [0.2, 0.25) is 0 Å². The molecule has 36 heavy (non-hydrogen) atoms. The number of cyclic esters (lactones) is 1. The average Bonchev–Trinajstić information content (AvgIpc) is 2.81. The molecular weight excluding hydrogens is 488 g/mol. The molecule has 1 heterocycles. The van der Waals surface area contributed by atoms with E-state index in [1.54, 1.807) is 31.0 Å². The van der Waals surface area contributed by atoms with E-state index in [1.165, 1.54) is 0 Å². The van der Waals surface area contributed by atoms with Crippen molar-refractivity contribution in [3.63, 3.8) is 0 Å². The summed E-state index contributed by atoms with van der Waals surface area (Å²) < 4.78 is 23.0. The Morgan fingerprint density at radius 1 is 1.17 bits per heavy atom. The number of ether oxygens (including phenoxy) is 3. The monoisotopic (exact) mass is 526 g/mol. The third-order valence-electron chi connectivity index (χ3n) is 6.02. The third kappa shape index (κ3) is 9.65. The van der Waals surface area contributed by atoms with Crippen LogP contribution in [0.25, 0.3) is 0 Å².